The molecule has 0 fully saturated rings. The molecule has 0 atom stereocenters. The summed E-state index contributed by atoms with van der Waals surface area (Å²) in [6.07, 6.45) is 9.71. The summed E-state index contributed by atoms with van der Waals surface area (Å²) in [6, 6.07) is 11.0. The van der Waals surface area contributed by atoms with Gasteiger partial charge in [-0.3, -0.25) is 4.79 Å². The maximum Gasteiger partial charge on any atom is 0.253 e. The SMILES string of the molecule is CCCCCc1ccc(C(=O)NCCc2ccc(O)cc2)c(N)c1CCCCC. The molecule has 4 heteroatoms. The first-order valence-corrected chi connectivity index (χ1v) is 11.0. The van der Waals surface area contributed by atoms with Crippen LogP contribution in [0.15, 0.2) is 36.4 Å². The van der Waals surface area contributed by atoms with Gasteiger partial charge < -0.3 is 16.2 Å². The number of nitrogens with one attached hydrogen (secondary N) is 1. The second kappa shape index (κ2) is 12.2. The number of rotatable bonds is 12. The molecule has 29 heavy (non-hydrogen) atoms. The molecular formula is C25H36N2O2. The molecule has 4 N–H and O–H groups in total. The number of hydrogen-bond donors (Lipinski definition) is 3. The number of carbonyl (C=O) groups is 1. The van der Waals surface area contributed by atoms with Crippen LogP contribution in [0.25, 0.3) is 0 Å². The number of benzene rings is 2. The minimum absolute atomic E-state index is 0.113. The molecule has 2 aromatic rings. The highest BCUT2D eigenvalue weighted by Gasteiger charge is 2.15. The molecule has 0 unspecified atom stereocenters. The van der Waals surface area contributed by atoms with E-state index in [1.807, 2.05) is 18.2 Å². The third-order valence-corrected chi connectivity index (χ3v) is 5.41. The topological polar surface area (TPSA) is 75.3 Å². The normalized spacial score (nSPS) is 10.8. The van der Waals surface area contributed by atoms with E-state index >= 15 is 0 Å². The molecule has 2 aromatic carbocycles. The smallest absolute Gasteiger partial charge is 0.253 e. The Morgan fingerprint density at radius 2 is 1.55 bits per heavy atom. The van der Waals surface area contributed by atoms with Gasteiger partial charge in [-0.15, -0.1) is 0 Å². The second-order valence-corrected chi connectivity index (χ2v) is 7.75. The number of nitrogens with two attached hydrogens (primary N) is 1. The van der Waals surface area contributed by atoms with E-state index < -0.39 is 0 Å². The number of phenols is 1. The van der Waals surface area contributed by atoms with Crippen molar-refractivity contribution in [3.8, 4) is 5.75 Å². The van der Waals surface area contributed by atoms with Crippen LogP contribution in [0.4, 0.5) is 5.69 Å². The number of aryl methyl sites for hydroxylation is 1. The molecule has 0 radical (unpaired) electrons. The number of nitrogen functional groups attached to an aromatic ring is 1. The Labute approximate surface area is 175 Å². The van der Waals surface area contributed by atoms with Crippen LogP contribution in [0.3, 0.4) is 0 Å². The van der Waals surface area contributed by atoms with E-state index in [2.05, 4.69) is 25.2 Å². The molecule has 0 aliphatic rings. The lowest BCUT2D eigenvalue weighted by molar-refractivity contribution is 0.0955. The van der Waals surface area contributed by atoms with Gasteiger partial charge in [0.2, 0.25) is 0 Å². The molecule has 0 aromatic heterocycles. The summed E-state index contributed by atoms with van der Waals surface area (Å²) in [5.41, 5.74) is 11.3. The van der Waals surface area contributed by atoms with E-state index in [1.54, 1.807) is 12.1 Å². The zero-order valence-electron chi connectivity index (χ0n) is 18.0. The standard InChI is InChI=1S/C25H36N2O2/c1-3-5-7-9-20-13-16-23(24(26)22(20)10-8-6-4-2)25(29)27-18-17-19-11-14-21(28)15-12-19/h11-16,28H,3-10,17-18,26H2,1-2H3,(H,27,29). The Balaban J connectivity index is 2.05. The molecule has 0 bridgehead atoms. The van der Waals surface area contributed by atoms with Crippen LogP contribution in [0.1, 0.15) is 79.4 Å². The van der Waals surface area contributed by atoms with Crippen molar-refractivity contribution in [2.45, 2.75) is 71.6 Å². The summed E-state index contributed by atoms with van der Waals surface area (Å²) >= 11 is 0. The maximum absolute atomic E-state index is 12.7. The fourth-order valence-corrected chi connectivity index (χ4v) is 3.63. The van der Waals surface area contributed by atoms with Crippen LogP contribution in [0, 0.1) is 0 Å². The van der Waals surface area contributed by atoms with E-state index in [0.717, 1.165) is 31.2 Å². The van der Waals surface area contributed by atoms with E-state index in [9.17, 15) is 9.90 Å². The number of carbonyl (C=O) groups excluding carboxylic acids is 1. The second-order valence-electron chi connectivity index (χ2n) is 7.75. The predicted octanol–water partition coefficient (Wildman–Crippen LogP) is 5.41. The van der Waals surface area contributed by atoms with Gasteiger partial charge in [0.05, 0.1) is 5.56 Å². The van der Waals surface area contributed by atoms with Gasteiger partial charge in [-0.1, -0.05) is 57.7 Å². The number of hydrogen-bond acceptors (Lipinski definition) is 3. The zero-order valence-corrected chi connectivity index (χ0v) is 18.0. The Bertz CT molecular complexity index is 769. The minimum atomic E-state index is -0.113. The van der Waals surface area contributed by atoms with Gasteiger partial charge in [-0.2, -0.15) is 0 Å². The van der Waals surface area contributed by atoms with Crippen molar-refractivity contribution in [1.29, 1.82) is 0 Å². The number of phenolic OH excluding ortho intramolecular Hbond substituents is 1. The minimum Gasteiger partial charge on any atom is -0.508 e. The van der Waals surface area contributed by atoms with Crippen molar-refractivity contribution >= 4 is 11.6 Å². The van der Waals surface area contributed by atoms with E-state index in [4.69, 9.17) is 5.73 Å². The number of amides is 1. The maximum atomic E-state index is 12.7. The van der Waals surface area contributed by atoms with Crippen molar-refractivity contribution < 1.29 is 9.90 Å². The van der Waals surface area contributed by atoms with Gasteiger partial charge in [-0.05, 0) is 67.0 Å². The monoisotopic (exact) mass is 396 g/mol. The summed E-state index contributed by atoms with van der Waals surface area (Å²) in [4.78, 5) is 12.7. The van der Waals surface area contributed by atoms with E-state index in [0.29, 0.717) is 24.2 Å². The molecule has 0 heterocycles. The lowest BCUT2D eigenvalue weighted by Crippen LogP contribution is -2.27. The fraction of sp³-hybridized carbons (Fsp3) is 0.480. The molecule has 0 saturated carbocycles. The lowest BCUT2D eigenvalue weighted by Gasteiger charge is -2.16. The van der Waals surface area contributed by atoms with Crippen molar-refractivity contribution in [2.75, 3.05) is 12.3 Å². The molecular weight excluding hydrogens is 360 g/mol. The van der Waals surface area contributed by atoms with Crippen LogP contribution in [0.5, 0.6) is 5.75 Å². The molecule has 0 saturated heterocycles. The van der Waals surface area contributed by atoms with Crippen molar-refractivity contribution in [2.24, 2.45) is 0 Å². The summed E-state index contributed by atoms with van der Waals surface area (Å²) in [5.74, 6) is 0.137. The number of anilines is 1. The van der Waals surface area contributed by atoms with Crippen molar-refractivity contribution in [3.05, 3.63) is 58.7 Å². The molecule has 0 spiro atoms. The van der Waals surface area contributed by atoms with Crippen molar-refractivity contribution in [3.63, 3.8) is 0 Å². The first-order chi connectivity index (χ1) is 14.1. The van der Waals surface area contributed by atoms with Crippen LogP contribution in [-0.2, 0) is 19.3 Å². The molecule has 0 aliphatic heterocycles. The number of unbranched alkanes of at least 4 members (excludes halogenated alkanes) is 4. The third kappa shape index (κ3) is 7.12. The summed E-state index contributed by atoms with van der Waals surface area (Å²) < 4.78 is 0. The van der Waals surface area contributed by atoms with Crippen LogP contribution >= 0.6 is 0 Å². The Morgan fingerprint density at radius 3 is 2.21 bits per heavy atom. The Kier molecular flexibility index (Phi) is 9.55. The molecule has 0 aliphatic carbocycles. The average molecular weight is 397 g/mol. The average Bonchev–Trinajstić information content (AvgIpc) is 2.71. The highest BCUT2D eigenvalue weighted by atomic mass is 16.3. The van der Waals surface area contributed by atoms with E-state index in [-0.39, 0.29) is 11.7 Å². The third-order valence-electron chi connectivity index (χ3n) is 5.41. The van der Waals surface area contributed by atoms with Crippen LogP contribution in [0.2, 0.25) is 0 Å². The summed E-state index contributed by atoms with van der Waals surface area (Å²) in [6.45, 7) is 4.94. The summed E-state index contributed by atoms with van der Waals surface area (Å²) in [5, 5.41) is 12.3. The van der Waals surface area contributed by atoms with Gasteiger partial charge >= 0.3 is 0 Å². The lowest BCUT2D eigenvalue weighted by atomic mass is 9.93. The Morgan fingerprint density at radius 1 is 0.897 bits per heavy atom. The van der Waals surface area contributed by atoms with Gasteiger partial charge in [0.25, 0.3) is 5.91 Å². The Hall–Kier alpha value is -2.49. The largest absolute Gasteiger partial charge is 0.508 e. The van der Waals surface area contributed by atoms with Gasteiger partial charge in [0.1, 0.15) is 5.75 Å². The highest BCUT2D eigenvalue weighted by molar-refractivity contribution is 6.00. The van der Waals surface area contributed by atoms with Crippen molar-refractivity contribution in [1.82, 2.24) is 5.32 Å². The highest BCUT2D eigenvalue weighted by Crippen LogP contribution is 2.26. The number of aromatic hydroxyl groups is 1. The van der Waals surface area contributed by atoms with Gasteiger partial charge in [-0.25, -0.2) is 0 Å². The quantitative estimate of drug-likeness (QED) is 0.331. The van der Waals surface area contributed by atoms with E-state index in [1.165, 1.54) is 36.8 Å². The predicted molar refractivity (Wildman–Crippen MR) is 121 cm³/mol. The van der Waals surface area contributed by atoms with Crippen LogP contribution in [-0.4, -0.2) is 17.6 Å². The zero-order chi connectivity index (χ0) is 21.1. The van der Waals surface area contributed by atoms with Gasteiger partial charge in [0, 0.05) is 12.2 Å². The summed E-state index contributed by atoms with van der Waals surface area (Å²) in [7, 11) is 0. The molecule has 2 rings (SSSR count). The molecule has 1 amide bonds. The fourth-order valence-electron chi connectivity index (χ4n) is 3.63. The first-order valence-electron chi connectivity index (χ1n) is 11.0. The van der Waals surface area contributed by atoms with Crippen LogP contribution < -0.4 is 11.1 Å². The molecule has 4 nitrogen and oxygen atoms in total. The van der Waals surface area contributed by atoms with Gasteiger partial charge in [0.15, 0.2) is 0 Å². The first kappa shape index (κ1) is 22.8. The molecule has 158 valence electrons.